The topological polar surface area (TPSA) is 101 Å². The highest BCUT2D eigenvalue weighted by atomic mass is 32.2. The lowest BCUT2D eigenvalue weighted by Crippen LogP contribution is -2.43. The van der Waals surface area contributed by atoms with Gasteiger partial charge in [-0.05, 0) is 18.9 Å². The minimum atomic E-state index is -4.07. The fraction of sp³-hybridized carbons (Fsp3) is 0.455. The molecule has 1 unspecified atom stereocenters. The van der Waals surface area contributed by atoms with Crippen molar-refractivity contribution < 1.29 is 26.3 Å². The maximum absolute atomic E-state index is 13.1. The highest BCUT2D eigenvalue weighted by Crippen LogP contribution is 2.20. The molecule has 20 heavy (non-hydrogen) atoms. The van der Waals surface area contributed by atoms with Gasteiger partial charge >= 0.3 is 0 Å². The Hall–Kier alpha value is -1.19. The monoisotopic (exact) mass is 323 g/mol. The molecular weight excluding hydrogens is 309 g/mol. The molecule has 1 fully saturated rings. The molecule has 1 atom stereocenters. The summed E-state index contributed by atoms with van der Waals surface area (Å²) in [4.78, 5) is -0.432. The number of phenolic OH excluding ortho intramolecular Hbond substituents is 1. The summed E-state index contributed by atoms with van der Waals surface area (Å²) >= 11 is 0. The zero-order valence-electron chi connectivity index (χ0n) is 10.4. The summed E-state index contributed by atoms with van der Waals surface area (Å²) in [5.41, 5.74) is 0. The van der Waals surface area contributed by atoms with Crippen molar-refractivity contribution in [1.82, 2.24) is 4.72 Å². The van der Waals surface area contributed by atoms with Crippen LogP contribution in [-0.2, 0) is 19.9 Å². The summed E-state index contributed by atoms with van der Waals surface area (Å²) in [7, 11) is -7.32. The van der Waals surface area contributed by atoms with Gasteiger partial charge in [0.05, 0.1) is 16.4 Å². The summed E-state index contributed by atoms with van der Waals surface area (Å²) in [5.74, 6) is -1.62. The second-order valence-corrected chi connectivity index (χ2v) is 8.66. The first-order valence-corrected chi connectivity index (χ1v) is 9.21. The Morgan fingerprint density at radius 3 is 2.60 bits per heavy atom. The second kappa shape index (κ2) is 5.30. The van der Waals surface area contributed by atoms with Crippen LogP contribution in [0.1, 0.15) is 12.8 Å². The lowest BCUT2D eigenvalue weighted by atomic mass is 10.2. The lowest BCUT2D eigenvalue weighted by molar-refractivity contribution is 0.465. The molecule has 1 aliphatic heterocycles. The Balaban J connectivity index is 2.23. The van der Waals surface area contributed by atoms with Crippen LogP contribution in [-0.4, -0.2) is 39.5 Å². The molecule has 0 aromatic heterocycles. The van der Waals surface area contributed by atoms with Gasteiger partial charge in [-0.1, -0.05) is 0 Å². The highest BCUT2D eigenvalue weighted by Gasteiger charge is 2.29. The standard InChI is InChI=1S/C11H14FNO5S2/c12-8-4-10(14)6-11(5-8)20(17,18)13-9-2-1-3-19(15,16)7-9/h4-6,9,13-14H,1-3,7H2. The van der Waals surface area contributed by atoms with E-state index in [0.717, 1.165) is 18.2 Å². The van der Waals surface area contributed by atoms with Crippen LogP contribution in [0, 0.1) is 5.82 Å². The number of hydrogen-bond acceptors (Lipinski definition) is 5. The molecule has 6 nitrogen and oxygen atoms in total. The summed E-state index contributed by atoms with van der Waals surface area (Å²) in [6, 6.07) is 1.72. The van der Waals surface area contributed by atoms with E-state index in [9.17, 15) is 26.3 Å². The maximum Gasteiger partial charge on any atom is 0.241 e. The average molecular weight is 323 g/mol. The molecule has 1 aromatic rings. The van der Waals surface area contributed by atoms with E-state index in [0.29, 0.717) is 12.8 Å². The fourth-order valence-electron chi connectivity index (χ4n) is 2.11. The van der Waals surface area contributed by atoms with Gasteiger partial charge < -0.3 is 5.11 Å². The Kier molecular flexibility index (Phi) is 4.03. The summed E-state index contributed by atoms with van der Waals surface area (Å²) < 4.78 is 62.3. The minimum absolute atomic E-state index is 0.0476. The first-order chi connectivity index (χ1) is 9.18. The van der Waals surface area contributed by atoms with Gasteiger partial charge in [-0.15, -0.1) is 0 Å². The molecule has 1 heterocycles. The van der Waals surface area contributed by atoms with E-state index >= 15 is 0 Å². The summed E-state index contributed by atoms with van der Waals surface area (Å²) in [6.45, 7) is 0. The van der Waals surface area contributed by atoms with Crippen molar-refractivity contribution in [2.45, 2.75) is 23.8 Å². The van der Waals surface area contributed by atoms with E-state index in [2.05, 4.69) is 4.72 Å². The zero-order chi connectivity index (χ0) is 15.0. The van der Waals surface area contributed by atoms with Gasteiger partial charge in [0, 0.05) is 18.2 Å². The zero-order valence-corrected chi connectivity index (χ0v) is 12.0. The van der Waals surface area contributed by atoms with Crippen LogP contribution >= 0.6 is 0 Å². The smallest absolute Gasteiger partial charge is 0.241 e. The third kappa shape index (κ3) is 3.68. The normalized spacial score (nSPS) is 22.6. The fourth-order valence-corrected chi connectivity index (χ4v) is 5.17. The van der Waals surface area contributed by atoms with E-state index in [4.69, 9.17) is 0 Å². The predicted molar refractivity (Wildman–Crippen MR) is 70.1 cm³/mol. The Labute approximate surface area is 116 Å². The molecule has 1 saturated heterocycles. The first kappa shape index (κ1) is 15.2. The molecule has 0 bridgehead atoms. The molecule has 2 N–H and O–H groups in total. The van der Waals surface area contributed by atoms with E-state index in [-0.39, 0.29) is 11.5 Å². The molecule has 0 spiro atoms. The number of hydrogen-bond donors (Lipinski definition) is 2. The molecule has 1 aliphatic rings. The molecule has 9 heteroatoms. The van der Waals surface area contributed by atoms with Gasteiger partial charge in [0.1, 0.15) is 11.6 Å². The van der Waals surface area contributed by atoms with Crippen molar-refractivity contribution in [3.8, 4) is 5.75 Å². The minimum Gasteiger partial charge on any atom is -0.508 e. The number of aromatic hydroxyl groups is 1. The van der Waals surface area contributed by atoms with Crippen molar-refractivity contribution in [3.63, 3.8) is 0 Å². The maximum atomic E-state index is 13.1. The third-order valence-electron chi connectivity index (χ3n) is 2.95. The van der Waals surface area contributed by atoms with Gasteiger partial charge in [0.15, 0.2) is 9.84 Å². The van der Waals surface area contributed by atoms with Crippen LogP contribution in [0.15, 0.2) is 23.1 Å². The molecule has 1 aromatic carbocycles. The highest BCUT2D eigenvalue weighted by molar-refractivity contribution is 7.91. The SMILES string of the molecule is O=S1(=O)CCCC(NS(=O)(=O)c2cc(O)cc(F)c2)C1. The van der Waals surface area contributed by atoms with Crippen LogP contribution in [0.3, 0.4) is 0 Å². The number of sulfonamides is 1. The molecule has 0 aliphatic carbocycles. The summed E-state index contributed by atoms with van der Waals surface area (Å²) in [5, 5.41) is 9.22. The van der Waals surface area contributed by atoms with E-state index in [1.807, 2.05) is 0 Å². The molecule has 0 amide bonds. The van der Waals surface area contributed by atoms with Gasteiger partial charge in [0.25, 0.3) is 0 Å². The van der Waals surface area contributed by atoms with E-state index in [1.165, 1.54) is 0 Å². The molecular formula is C11H14FNO5S2. The summed E-state index contributed by atoms with van der Waals surface area (Å²) in [6.07, 6.45) is 0.781. The molecule has 0 radical (unpaired) electrons. The third-order valence-corrected chi connectivity index (χ3v) is 6.27. The predicted octanol–water partition coefficient (Wildman–Crippen LogP) is 0.387. The lowest BCUT2D eigenvalue weighted by Gasteiger charge is -2.22. The van der Waals surface area contributed by atoms with Gasteiger partial charge in [0.2, 0.25) is 10.0 Å². The van der Waals surface area contributed by atoms with Crippen molar-refractivity contribution in [2.75, 3.05) is 11.5 Å². The van der Waals surface area contributed by atoms with Crippen molar-refractivity contribution in [1.29, 1.82) is 0 Å². The Bertz CT molecular complexity index is 694. The number of phenols is 1. The van der Waals surface area contributed by atoms with Crippen molar-refractivity contribution in [2.24, 2.45) is 0 Å². The van der Waals surface area contributed by atoms with Crippen LogP contribution in [0.2, 0.25) is 0 Å². The van der Waals surface area contributed by atoms with Gasteiger partial charge in [-0.25, -0.2) is 25.9 Å². The Morgan fingerprint density at radius 2 is 2.00 bits per heavy atom. The molecule has 2 rings (SSSR count). The van der Waals surface area contributed by atoms with Crippen molar-refractivity contribution >= 4 is 19.9 Å². The first-order valence-electron chi connectivity index (χ1n) is 5.90. The molecule has 112 valence electrons. The van der Waals surface area contributed by atoms with E-state index < -0.39 is 42.4 Å². The Morgan fingerprint density at radius 1 is 1.30 bits per heavy atom. The largest absolute Gasteiger partial charge is 0.508 e. The number of sulfone groups is 1. The van der Waals surface area contributed by atoms with Gasteiger partial charge in [-0.2, -0.15) is 0 Å². The number of rotatable bonds is 3. The van der Waals surface area contributed by atoms with Crippen molar-refractivity contribution in [3.05, 3.63) is 24.0 Å². The quantitative estimate of drug-likeness (QED) is 0.838. The van der Waals surface area contributed by atoms with Crippen LogP contribution in [0.25, 0.3) is 0 Å². The van der Waals surface area contributed by atoms with Crippen LogP contribution in [0.4, 0.5) is 4.39 Å². The van der Waals surface area contributed by atoms with Gasteiger partial charge in [-0.3, -0.25) is 0 Å². The van der Waals surface area contributed by atoms with E-state index in [1.54, 1.807) is 0 Å². The number of nitrogens with one attached hydrogen (secondary N) is 1. The van der Waals surface area contributed by atoms with Crippen LogP contribution < -0.4 is 4.72 Å². The second-order valence-electron chi connectivity index (χ2n) is 4.72. The van der Waals surface area contributed by atoms with Crippen LogP contribution in [0.5, 0.6) is 5.75 Å². The average Bonchev–Trinajstić information content (AvgIpc) is 2.25. The molecule has 0 saturated carbocycles. The number of benzene rings is 1. The number of halogens is 1.